The average molecular weight is 276 g/mol. The van der Waals surface area contributed by atoms with E-state index in [9.17, 15) is 0 Å². The SMILES string of the molecule is CC(NCCOCC1CC1)c1nc2ccccc2s1. The van der Waals surface area contributed by atoms with Crippen molar-refractivity contribution in [1.82, 2.24) is 10.3 Å². The molecule has 1 aromatic heterocycles. The Bertz CT molecular complexity index is 503. The number of aromatic nitrogens is 1. The number of hydrogen-bond acceptors (Lipinski definition) is 4. The van der Waals surface area contributed by atoms with Gasteiger partial charge in [-0.2, -0.15) is 0 Å². The summed E-state index contributed by atoms with van der Waals surface area (Å²) >= 11 is 1.77. The minimum atomic E-state index is 0.293. The van der Waals surface area contributed by atoms with Crippen molar-refractivity contribution >= 4 is 21.6 Å². The quantitative estimate of drug-likeness (QED) is 0.787. The Kier molecular flexibility index (Phi) is 4.11. The number of hydrogen-bond donors (Lipinski definition) is 1. The Hall–Kier alpha value is -0.970. The van der Waals surface area contributed by atoms with Gasteiger partial charge in [-0.1, -0.05) is 12.1 Å². The minimum absolute atomic E-state index is 0.293. The Morgan fingerprint density at radius 1 is 1.42 bits per heavy atom. The molecule has 1 heterocycles. The number of rotatable bonds is 7. The second-order valence-electron chi connectivity index (χ2n) is 5.21. The van der Waals surface area contributed by atoms with E-state index in [0.717, 1.165) is 36.2 Å². The predicted molar refractivity (Wildman–Crippen MR) is 79.6 cm³/mol. The van der Waals surface area contributed by atoms with Crippen molar-refractivity contribution in [2.45, 2.75) is 25.8 Å². The van der Waals surface area contributed by atoms with Crippen molar-refractivity contribution in [1.29, 1.82) is 0 Å². The lowest BCUT2D eigenvalue weighted by atomic mass is 10.3. The van der Waals surface area contributed by atoms with Gasteiger partial charge in [-0.3, -0.25) is 0 Å². The highest BCUT2D eigenvalue weighted by atomic mass is 32.1. The third-order valence-electron chi connectivity index (χ3n) is 3.43. The van der Waals surface area contributed by atoms with Crippen LogP contribution in [0.3, 0.4) is 0 Å². The summed E-state index contributed by atoms with van der Waals surface area (Å²) < 4.78 is 6.88. The van der Waals surface area contributed by atoms with Crippen LogP contribution in [0.25, 0.3) is 10.2 Å². The van der Waals surface area contributed by atoms with Crippen LogP contribution in [0.5, 0.6) is 0 Å². The van der Waals surface area contributed by atoms with Gasteiger partial charge in [0.15, 0.2) is 0 Å². The van der Waals surface area contributed by atoms with Gasteiger partial charge in [0.05, 0.1) is 22.9 Å². The third-order valence-corrected chi connectivity index (χ3v) is 4.65. The Labute approximate surface area is 118 Å². The van der Waals surface area contributed by atoms with Gasteiger partial charge in [0.2, 0.25) is 0 Å². The molecule has 1 aliphatic rings. The van der Waals surface area contributed by atoms with E-state index in [1.165, 1.54) is 17.5 Å². The van der Waals surface area contributed by atoms with Gasteiger partial charge in [0, 0.05) is 13.2 Å². The zero-order chi connectivity index (χ0) is 13.1. The van der Waals surface area contributed by atoms with Crippen LogP contribution in [0.1, 0.15) is 30.8 Å². The molecule has 0 spiro atoms. The molecule has 1 aliphatic carbocycles. The van der Waals surface area contributed by atoms with Gasteiger partial charge in [0.25, 0.3) is 0 Å². The Morgan fingerprint density at radius 3 is 3.05 bits per heavy atom. The molecular formula is C15H20N2OS. The second kappa shape index (κ2) is 5.99. The molecule has 102 valence electrons. The zero-order valence-corrected chi connectivity index (χ0v) is 12.1. The van der Waals surface area contributed by atoms with Crippen LogP contribution in [0.4, 0.5) is 0 Å². The monoisotopic (exact) mass is 276 g/mol. The van der Waals surface area contributed by atoms with Crippen molar-refractivity contribution in [2.75, 3.05) is 19.8 Å². The van der Waals surface area contributed by atoms with Crippen LogP contribution in [0.2, 0.25) is 0 Å². The molecule has 2 aromatic rings. The smallest absolute Gasteiger partial charge is 0.111 e. The van der Waals surface area contributed by atoms with Gasteiger partial charge in [0.1, 0.15) is 5.01 Å². The Morgan fingerprint density at radius 2 is 2.26 bits per heavy atom. The van der Waals surface area contributed by atoms with Crippen LogP contribution in [0, 0.1) is 5.92 Å². The first-order chi connectivity index (χ1) is 9.33. The lowest BCUT2D eigenvalue weighted by molar-refractivity contribution is 0.124. The Balaban J connectivity index is 1.47. The van der Waals surface area contributed by atoms with Gasteiger partial charge >= 0.3 is 0 Å². The second-order valence-corrected chi connectivity index (χ2v) is 6.28. The van der Waals surface area contributed by atoms with E-state index < -0.39 is 0 Å². The van der Waals surface area contributed by atoms with E-state index in [-0.39, 0.29) is 0 Å². The summed E-state index contributed by atoms with van der Waals surface area (Å²) in [6, 6.07) is 8.59. The molecule has 0 aliphatic heterocycles. The summed E-state index contributed by atoms with van der Waals surface area (Å²) in [5.74, 6) is 0.849. The predicted octanol–water partition coefficient (Wildman–Crippen LogP) is 3.37. The maximum Gasteiger partial charge on any atom is 0.111 e. The van der Waals surface area contributed by atoms with Crippen molar-refractivity contribution in [3.8, 4) is 0 Å². The number of ether oxygens (including phenoxy) is 1. The lowest BCUT2D eigenvalue weighted by Crippen LogP contribution is -2.23. The van der Waals surface area contributed by atoms with Gasteiger partial charge in [-0.05, 0) is 37.8 Å². The highest BCUT2D eigenvalue weighted by Crippen LogP contribution is 2.28. The number of para-hydroxylation sites is 1. The molecule has 3 rings (SSSR count). The number of thiazole rings is 1. The van der Waals surface area contributed by atoms with E-state index >= 15 is 0 Å². The van der Waals surface area contributed by atoms with Crippen LogP contribution >= 0.6 is 11.3 Å². The topological polar surface area (TPSA) is 34.1 Å². The summed E-state index contributed by atoms with van der Waals surface area (Å²) in [5, 5.41) is 4.63. The van der Waals surface area contributed by atoms with Crippen LogP contribution in [0.15, 0.2) is 24.3 Å². The maximum absolute atomic E-state index is 5.62. The van der Waals surface area contributed by atoms with Gasteiger partial charge in [-0.25, -0.2) is 4.98 Å². The molecule has 19 heavy (non-hydrogen) atoms. The van der Waals surface area contributed by atoms with E-state index in [2.05, 4.69) is 35.4 Å². The molecule has 0 saturated heterocycles. The van der Waals surface area contributed by atoms with Crippen LogP contribution in [-0.2, 0) is 4.74 Å². The number of nitrogens with one attached hydrogen (secondary N) is 1. The normalized spacial score (nSPS) is 16.9. The highest BCUT2D eigenvalue weighted by molar-refractivity contribution is 7.18. The molecule has 4 heteroatoms. The largest absolute Gasteiger partial charge is 0.380 e. The highest BCUT2D eigenvalue weighted by Gasteiger charge is 2.20. The third kappa shape index (κ3) is 3.53. The van der Waals surface area contributed by atoms with Crippen molar-refractivity contribution in [3.05, 3.63) is 29.3 Å². The molecule has 0 radical (unpaired) electrons. The van der Waals surface area contributed by atoms with Gasteiger partial charge < -0.3 is 10.1 Å². The fourth-order valence-corrected chi connectivity index (χ4v) is 3.04. The molecule has 1 saturated carbocycles. The summed E-state index contributed by atoms with van der Waals surface area (Å²) in [5.41, 5.74) is 1.10. The van der Waals surface area contributed by atoms with E-state index in [1.807, 2.05) is 6.07 Å². The van der Waals surface area contributed by atoms with Gasteiger partial charge in [-0.15, -0.1) is 11.3 Å². The molecule has 1 atom stereocenters. The number of fused-ring (bicyclic) bond motifs is 1. The molecule has 1 N–H and O–H groups in total. The number of nitrogens with zero attached hydrogens (tertiary/aromatic N) is 1. The van der Waals surface area contributed by atoms with Crippen molar-refractivity contribution in [3.63, 3.8) is 0 Å². The van der Waals surface area contributed by atoms with Crippen molar-refractivity contribution < 1.29 is 4.74 Å². The maximum atomic E-state index is 5.62. The summed E-state index contributed by atoms with van der Waals surface area (Å²) in [7, 11) is 0. The fraction of sp³-hybridized carbons (Fsp3) is 0.533. The first kappa shape index (κ1) is 13.0. The molecule has 3 nitrogen and oxygen atoms in total. The minimum Gasteiger partial charge on any atom is -0.380 e. The van der Waals surface area contributed by atoms with E-state index in [4.69, 9.17) is 4.74 Å². The average Bonchev–Trinajstić information content (AvgIpc) is 3.14. The summed E-state index contributed by atoms with van der Waals surface area (Å²) in [6.45, 7) is 4.80. The molecular weight excluding hydrogens is 256 g/mol. The summed E-state index contributed by atoms with van der Waals surface area (Å²) in [6.07, 6.45) is 2.71. The molecule has 0 amide bonds. The molecule has 0 bridgehead atoms. The van der Waals surface area contributed by atoms with Crippen LogP contribution in [-0.4, -0.2) is 24.7 Å². The van der Waals surface area contributed by atoms with E-state index in [0.29, 0.717) is 6.04 Å². The summed E-state index contributed by atoms with van der Waals surface area (Å²) in [4.78, 5) is 4.66. The molecule has 1 unspecified atom stereocenters. The lowest BCUT2D eigenvalue weighted by Gasteiger charge is -2.10. The first-order valence-corrected chi connectivity index (χ1v) is 7.81. The van der Waals surface area contributed by atoms with E-state index in [1.54, 1.807) is 11.3 Å². The first-order valence-electron chi connectivity index (χ1n) is 6.99. The standard InChI is InChI=1S/C15H20N2OS/c1-11(16-8-9-18-10-12-6-7-12)15-17-13-4-2-3-5-14(13)19-15/h2-5,11-12,16H,6-10H2,1H3. The zero-order valence-electron chi connectivity index (χ0n) is 11.3. The van der Waals surface area contributed by atoms with Crippen LogP contribution < -0.4 is 5.32 Å². The molecule has 1 fully saturated rings. The molecule has 1 aromatic carbocycles. The van der Waals surface area contributed by atoms with Crippen molar-refractivity contribution in [2.24, 2.45) is 5.92 Å². The fourth-order valence-electron chi connectivity index (χ4n) is 2.04. The number of benzene rings is 1.